The number of aromatic nitrogens is 4. The average molecular weight is 473 g/mol. The molecule has 12 heteroatoms. The normalized spacial score (nSPS) is 28.8. The summed E-state index contributed by atoms with van der Waals surface area (Å²) in [6, 6.07) is 0. The van der Waals surface area contributed by atoms with Crippen molar-refractivity contribution in [3.05, 3.63) is 6.33 Å². The molecule has 3 fully saturated rings. The van der Waals surface area contributed by atoms with Crippen molar-refractivity contribution in [1.82, 2.24) is 19.5 Å². The number of hydrogen-bond acceptors (Lipinski definition) is 11. The maximum absolute atomic E-state index is 10.5. The van der Waals surface area contributed by atoms with E-state index in [1.54, 1.807) is 0 Å². The second-order valence-electron chi connectivity index (χ2n) is 9.32. The lowest BCUT2D eigenvalue weighted by atomic mass is 10.1. The van der Waals surface area contributed by atoms with E-state index in [-0.39, 0.29) is 5.95 Å². The molecule has 0 aromatic carbocycles. The Kier molecular flexibility index (Phi) is 6.99. The second kappa shape index (κ2) is 10.3. The van der Waals surface area contributed by atoms with Crippen LogP contribution in [0.5, 0.6) is 0 Å². The number of aliphatic hydroxyl groups excluding tert-OH is 3. The maximum Gasteiger partial charge on any atom is 0.247 e. The van der Waals surface area contributed by atoms with E-state index in [4.69, 9.17) is 4.74 Å². The molecule has 3 aliphatic rings. The first kappa shape index (κ1) is 23.1. The highest BCUT2D eigenvalue weighted by Crippen LogP contribution is 2.33. The van der Waals surface area contributed by atoms with Crippen LogP contribution in [0.1, 0.15) is 57.6 Å². The first-order valence-electron chi connectivity index (χ1n) is 12.1. The van der Waals surface area contributed by atoms with Gasteiger partial charge in [-0.25, -0.2) is 10.4 Å². The number of nitrogens with zero attached hydrogens (tertiary/aromatic N) is 6. The predicted octanol–water partition coefficient (Wildman–Crippen LogP) is 1.61. The minimum Gasteiger partial charge on any atom is -0.394 e. The average Bonchev–Trinajstić information content (AvgIpc) is 3.64. The lowest BCUT2D eigenvalue weighted by Gasteiger charge is -2.16. The molecule has 0 radical (unpaired) electrons. The Bertz CT molecular complexity index is 1030. The van der Waals surface area contributed by atoms with Gasteiger partial charge in [0.2, 0.25) is 5.95 Å². The van der Waals surface area contributed by atoms with E-state index < -0.39 is 31.1 Å². The molecule has 4 atom stereocenters. The summed E-state index contributed by atoms with van der Waals surface area (Å²) in [5, 5.41) is 38.8. The molecule has 3 heterocycles. The van der Waals surface area contributed by atoms with Crippen molar-refractivity contribution in [3.63, 3.8) is 0 Å². The molecule has 1 saturated heterocycles. The third-order valence-electron chi connectivity index (χ3n) is 6.92. The maximum atomic E-state index is 10.5. The summed E-state index contributed by atoms with van der Waals surface area (Å²) in [6.45, 7) is -0.415. The predicted molar refractivity (Wildman–Crippen MR) is 126 cm³/mol. The van der Waals surface area contributed by atoms with Crippen LogP contribution in [0, 0.1) is 11.8 Å². The van der Waals surface area contributed by atoms with E-state index in [9.17, 15) is 15.3 Å². The summed E-state index contributed by atoms with van der Waals surface area (Å²) in [5.41, 5.74) is 6.71. The van der Waals surface area contributed by atoms with E-state index in [2.05, 4.69) is 36.0 Å². The number of anilines is 2. The van der Waals surface area contributed by atoms with Gasteiger partial charge in [0, 0.05) is 12.4 Å². The number of ether oxygens (including phenoxy) is 1. The van der Waals surface area contributed by atoms with Crippen molar-refractivity contribution < 1.29 is 20.1 Å². The van der Waals surface area contributed by atoms with Gasteiger partial charge < -0.3 is 20.1 Å². The Labute approximate surface area is 197 Å². The molecular weight excluding hydrogens is 440 g/mol. The van der Waals surface area contributed by atoms with Crippen LogP contribution in [0.2, 0.25) is 0 Å². The molecule has 0 amide bonds. The smallest absolute Gasteiger partial charge is 0.247 e. The van der Waals surface area contributed by atoms with Crippen LogP contribution in [0.3, 0.4) is 0 Å². The first-order chi connectivity index (χ1) is 16.6. The monoisotopic (exact) mass is 472 g/mol. The minimum atomic E-state index is -1.25. The SMILES string of the molecule is OC[C@H]1O[C@@H](n2cnc3c(N/N=C\C4CCCC4)nc(N/N=C\C4CCCC4)nc32)[C@H](O)[C@@H]1O. The van der Waals surface area contributed by atoms with E-state index >= 15 is 0 Å². The Morgan fingerprint density at radius 3 is 2.24 bits per heavy atom. The number of aliphatic hydroxyl groups is 3. The lowest BCUT2D eigenvalue weighted by molar-refractivity contribution is -0.0511. The molecule has 5 N–H and O–H groups in total. The number of rotatable bonds is 8. The Morgan fingerprint density at radius 2 is 1.62 bits per heavy atom. The molecule has 2 saturated carbocycles. The molecule has 0 unspecified atom stereocenters. The molecule has 12 nitrogen and oxygen atoms in total. The molecular formula is C22H32N8O4. The van der Waals surface area contributed by atoms with Gasteiger partial charge in [-0.3, -0.25) is 9.99 Å². The highest BCUT2D eigenvalue weighted by molar-refractivity contribution is 5.84. The molecule has 0 bridgehead atoms. The standard InChI is InChI=1S/C22H32N8O4/c31-11-15-17(32)18(33)21(34-15)30-12-23-16-19(28-24-9-13-5-1-2-6-13)26-22(27-20(16)30)29-25-10-14-7-3-4-8-14/h9-10,12-15,17-18,21,31-33H,1-8,11H2,(H2,26,27,28,29)/b24-9-,25-10-/t15-,17-,18-,21-/m1/s1. The fraction of sp³-hybridized carbons (Fsp3) is 0.682. The van der Waals surface area contributed by atoms with Gasteiger partial charge in [0.15, 0.2) is 23.2 Å². The second-order valence-corrected chi connectivity index (χ2v) is 9.32. The van der Waals surface area contributed by atoms with Gasteiger partial charge in [-0.05, 0) is 37.5 Å². The molecule has 1 aliphatic heterocycles. The molecule has 5 rings (SSSR count). The van der Waals surface area contributed by atoms with Gasteiger partial charge in [-0.15, -0.1) is 0 Å². The van der Waals surface area contributed by atoms with E-state index in [0.717, 1.165) is 25.7 Å². The molecule has 2 aliphatic carbocycles. The highest BCUT2D eigenvalue weighted by atomic mass is 16.6. The van der Waals surface area contributed by atoms with Gasteiger partial charge in [-0.1, -0.05) is 25.7 Å². The van der Waals surface area contributed by atoms with Crippen molar-refractivity contribution in [2.45, 2.75) is 75.9 Å². The summed E-state index contributed by atoms with van der Waals surface area (Å²) < 4.78 is 7.20. The zero-order valence-electron chi connectivity index (χ0n) is 19.0. The minimum absolute atomic E-state index is 0.244. The number of nitrogens with one attached hydrogen (secondary N) is 2. The van der Waals surface area contributed by atoms with Crippen LogP contribution in [0.15, 0.2) is 16.5 Å². The van der Waals surface area contributed by atoms with Crippen LogP contribution in [0.4, 0.5) is 11.8 Å². The molecule has 34 heavy (non-hydrogen) atoms. The third kappa shape index (κ3) is 4.76. The van der Waals surface area contributed by atoms with Crippen molar-refractivity contribution in [1.29, 1.82) is 0 Å². The number of hydrogen-bond donors (Lipinski definition) is 5. The molecule has 2 aromatic heterocycles. The number of hydrazone groups is 2. The zero-order chi connectivity index (χ0) is 23.5. The Morgan fingerprint density at radius 1 is 0.971 bits per heavy atom. The number of imidazole rings is 1. The van der Waals surface area contributed by atoms with Crippen molar-refractivity contribution in [2.24, 2.45) is 22.0 Å². The van der Waals surface area contributed by atoms with Gasteiger partial charge in [0.25, 0.3) is 0 Å². The summed E-state index contributed by atoms with van der Waals surface area (Å²) in [4.78, 5) is 13.5. The largest absolute Gasteiger partial charge is 0.394 e. The molecule has 0 spiro atoms. The van der Waals surface area contributed by atoms with Crippen LogP contribution in [-0.4, -0.2) is 72.2 Å². The van der Waals surface area contributed by atoms with Crippen LogP contribution >= 0.6 is 0 Å². The van der Waals surface area contributed by atoms with Crippen molar-refractivity contribution in [2.75, 3.05) is 17.5 Å². The van der Waals surface area contributed by atoms with E-state index in [0.29, 0.717) is 28.8 Å². The van der Waals surface area contributed by atoms with Crippen molar-refractivity contribution >= 4 is 35.4 Å². The summed E-state index contributed by atoms with van der Waals surface area (Å²) in [6.07, 6.45) is 10.3. The quantitative estimate of drug-likeness (QED) is 0.284. The first-order valence-corrected chi connectivity index (χ1v) is 12.1. The van der Waals surface area contributed by atoms with Crippen LogP contribution in [0.25, 0.3) is 11.2 Å². The lowest BCUT2D eigenvalue weighted by Crippen LogP contribution is -2.33. The van der Waals surface area contributed by atoms with E-state index in [1.807, 2.05) is 12.4 Å². The zero-order valence-corrected chi connectivity index (χ0v) is 19.0. The van der Waals surface area contributed by atoms with Crippen LogP contribution in [-0.2, 0) is 4.74 Å². The van der Waals surface area contributed by atoms with E-state index in [1.165, 1.54) is 36.6 Å². The van der Waals surface area contributed by atoms with Gasteiger partial charge >= 0.3 is 0 Å². The Hall–Kier alpha value is -2.67. The fourth-order valence-corrected chi connectivity index (χ4v) is 4.96. The van der Waals surface area contributed by atoms with Crippen molar-refractivity contribution in [3.8, 4) is 0 Å². The van der Waals surface area contributed by atoms with Crippen LogP contribution < -0.4 is 10.9 Å². The summed E-state index contributed by atoms with van der Waals surface area (Å²) in [5.74, 6) is 1.54. The summed E-state index contributed by atoms with van der Waals surface area (Å²) in [7, 11) is 0. The molecule has 2 aromatic rings. The number of fused-ring (bicyclic) bond motifs is 1. The highest BCUT2D eigenvalue weighted by Gasteiger charge is 2.44. The summed E-state index contributed by atoms with van der Waals surface area (Å²) >= 11 is 0. The van der Waals surface area contributed by atoms with Gasteiger partial charge in [0.1, 0.15) is 18.3 Å². The molecule has 184 valence electrons. The third-order valence-corrected chi connectivity index (χ3v) is 6.92. The van der Waals surface area contributed by atoms with Gasteiger partial charge in [0.05, 0.1) is 12.9 Å². The topological polar surface area (TPSA) is 162 Å². The fourth-order valence-electron chi connectivity index (χ4n) is 4.96. The van der Waals surface area contributed by atoms with Gasteiger partial charge in [-0.2, -0.15) is 20.2 Å². The Balaban J connectivity index is 1.43.